The number of hydrogen-bond acceptors (Lipinski definition) is 2. The second-order valence-electron chi connectivity index (χ2n) is 6.43. The Morgan fingerprint density at radius 3 is 1.75 bits per heavy atom. The van der Waals surface area contributed by atoms with Gasteiger partial charge >= 0.3 is 0 Å². The Labute approximate surface area is 109 Å². The zero-order chi connectivity index (χ0) is 12.6. The molecule has 0 spiro atoms. The molecule has 1 rings (SSSR count). The largest absolute Gasteiger partial charge is 0.257 e. The van der Waals surface area contributed by atoms with Gasteiger partial charge in [-0.2, -0.15) is 0 Å². The summed E-state index contributed by atoms with van der Waals surface area (Å²) < 4.78 is 0.821. The van der Waals surface area contributed by atoms with Crippen LogP contribution >= 0.6 is 15.9 Å². The first-order valence-corrected chi connectivity index (χ1v) is 13.5. The van der Waals surface area contributed by atoms with Crippen molar-refractivity contribution in [3.63, 3.8) is 0 Å². The molecule has 0 aliphatic carbocycles. The topological polar surface area (TPSA) is 25.8 Å². The van der Waals surface area contributed by atoms with Crippen molar-refractivity contribution in [1.29, 1.82) is 0 Å². The maximum absolute atomic E-state index is 4.57. The normalized spacial score (nSPS) is 13.2. The number of halogens is 1. The van der Waals surface area contributed by atoms with Gasteiger partial charge in [-0.15, -0.1) is 0 Å². The lowest BCUT2D eigenvalue weighted by molar-refractivity contribution is 1.01. The van der Waals surface area contributed by atoms with E-state index in [4.69, 9.17) is 0 Å². The third kappa shape index (κ3) is 3.50. The average Bonchev–Trinajstić information content (AvgIpc) is 2.03. The summed E-state index contributed by atoms with van der Waals surface area (Å²) in [4.78, 5) is 8.90. The summed E-state index contributed by atoms with van der Waals surface area (Å²) in [6, 6.07) is 0. The maximum Gasteiger partial charge on any atom is 0.124 e. The first-order valence-electron chi connectivity index (χ1n) is 5.60. The Balaban J connectivity index is 3.18. The van der Waals surface area contributed by atoms with Crippen molar-refractivity contribution >= 4 is 32.1 Å². The standard InChI is InChI=1S/C11H21BrN2Si2/c1-15(2,3)11(16(4,5)6)9-7-14-10(12)8-13-9/h7-8,11H,1-6H3. The fraction of sp³-hybridized carbons (Fsp3) is 0.636. The minimum absolute atomic E-state index is 0.667. The molecule has 0 saturated heterocycles. The first-order chi connectivity index (χ1) is 7.12. The molecule has 90 valence electrons. The predicted octanol–water partition coefficient (Wildman–Crippen LogP) is 4.08. The third-order valence-electron chi connectivity index (χ3n) is 2.67. The monoisotopic (exact) mass is 316 g/mol. The van der Waals surface area contributed by atoms with Crippen LogP contribution in [0.5, 0.6) is 0 Å². The summed E-state index contributed by atoms with van der Waals surface area (Å²) in [5.41, 5.74) is 1.20. The molecule has 0 saturated carbocycles. The molecule has 5 heteroatoms. The Kier molecular flexibility index (Phi) is 4.13. The molecule has 0 aliphatic heterocycles. The highest BCUT2D eigenvalue weighted by Gasteiger charge is 2.39. The number of hydrogen-bond donors (Lipinski definition) is 0. The molecule has 2 nitrogen and oxygen atoms in total. The van der Waals surface area contributed by atoms with Crippen LogP contribution in [0.25, 0.3) is 0 Å². The summed E-state index contributed by atoms with van der Waals surface area (Å²) >= 11 is 3.34. The SMILES string of the molecule is C[Si](C)(C)C(c1cnc(Br)cn1)[Si](C)(C)C. The molecule has 0 bridgehead atoms. The van der Waals surface area contributed by atoms with Gasteiger partial charge < -0.3 is 0 Å². The molecule has 0 radical (unpaired) electrons. The molecular weight excluding hydrogens is 296 g/mol. The van der Waals surface area contributed by atoms with Gasteiger partial charge in [0.2, 0.25) is 0 Å². The van der Waals surface area contributed by atoms with Gasteiger partial charge in [-0.25, -0.2) is 4.98 Å². The van der Waals surface area contributed by atoms with Gasteiger partial charge in [-0.3, -0.25) is 4.98 Å². The zero-order valence-electron chi connectivity index (χ0n) is 11.0. The predicted molar refractivity (Wildman–Crippen MR) is 79.2 cm³/mol. The van der Waals surface area contributed by atoms with Crippen LogP contribution in [0.15, 0.2) is 17.0 Å². The summed E-state index contributed by atoms with van der Waals surface area (Å²) in [7, 11) is -2.47. The number of nitrogens with zero attached hydrogens (tertiary/aromatic N) is 2. The van der Waals surface area contributed by atoms with Gasteiger partial charge in [-0.1, -0.05) is 39.3 Å². The van der Waals surface area contributed by atoms with Crippen LogP contribution in [0.3, 0.4) is 0 Å². The summed E-state index contributed by atoms with van der Waals surface area (Å²) in [6.45, 7) is 14.6. The van der Waals surface area contributed by atoms with E-state index in [0.29, 0.717) is 5.16 Å². The van der Waals surface area contributed by atoms with E-state index >= 15 is 0 Å². The molecule has 0 fully saturated rings. The zero-order valence-corrected chi connectivity index (χ0v) is 14.6. The molecule has 16 heavy (non-hydrogen) atoms. The molecule has 0 N–H and O–H groups in total. The summed E-state index contributed by atoms with van der Waals surface area (Å²) in [6.07, 6.45) is 3.77. The quantitative estimate of drug-likeness (QED) is 0.785. The highest BCUT2D eigenvalue weighted by molar-refractivity contribution is 9.10. The van der Waals surface area contributed by atoms with Gasteiger partial charge in [0.25, 0.3) is 0 Å². The third-order valence-corrected chi connectivity index (χ3v) is 12.3. The van der Waals surface area contributed by atoms with Gasteiger partial charge in [0, 0.05) is 6.20 Å². The highest BCUT2D eigenvalue weighted by Crippen LogP contribution is 2.34. The molecule has 1 heterocycles. The van der Waals surface area contributed by atoms with Gasteiger partial charge in [0.05, 0.1) is 28.0 Å². The first kappa shape index (κ1) is 14.1. The molecule has 0 aliphatic rings. The van der Waals surface area contributed by atoms with Crippen molar-refractivity contribution < 1.29 is 0 Å². The van der Waals surface area contributed by atoms with E-state index in [1.54, 1.807) is 0 Å². The van der Waals surface area contributed by atoms with Crippen molar-refractivity contribution in [2.75, 3.05) is 0 Å². The van der Waals surface area contributed by atoms with Crippen molar-refractivity contribution in [1.82, 2.24) is 9.97 Å². The summed E-state index contributed by atoms with van der Waals surface area (Å²) in [5, 5.41) is 0.667. The van der Waals surface area contributed by atoms with E-state index < -0.39 is 16.1 Å². The molecule has 0 atom stereocenters. The lowest BCUT2D eigenvalue weighted by atomic mass is 10.5. The molecule has 0 unspecified atom stereocenters. The van der Waals surface area contributed by atoms with Gasteiger partial charge in [0.1, 0.15) is 4.60 Å². The number of aromatic nitrogens is 2. The van der Waals surface area contributed by atoms with Crippen molar-refractivity contribution in [2.24, 2.45) is 0 Å². The minimum Gasteiger partial charge on any atom is -0.257 e. The summed E-state index contributed by atoms with van der Waals surface area (Å²) in [5.74, 6) is 0. The van der Waals surface area contributed by atoms with E-state index in [1.165, 1.54) is 5.69 Å². The lowest BCUT2D eigenvalue weighted by Crippen LogP contribution is -2.46. The van der Waals surface area contributed by atoms with Crippen LogP contribution in [-0.2, 0) is 0 Å². The van der Waals surface area contributed by atoms with E-state index in [-0.39, 0.29) is 0 Å². The Hall–Kier alpha value is -0.00623. The van der Waals surface area contributed by atoms with Crippen LogP contribution in [0.4, 0.5) is 0 Å². The van der Waals surface area contributed by atoms with E-state index in [0.717, 1.165) is 4.60 Å². The van der Waals surface area contributed by atoms with E-state index in [2.05, 4.69) is 65.2 Å². The van der Waals surface area contributed by atoms with Crippen LogP contribution in [0.2, 0.25) is 39.3 Å². The van der Waals surface area contributed by atoms with E-state index in [1.807, 2.05) is 12.4 Å². The Morgan fingerprint density at radius 1 is 0.938 bits per heavy atom. The lowest BCUT2D eigenvalue weighted by Gasteiger charge is -2.37. The van der Waals surface area contributed by atoms with Crippen LogP contribution in [0.1, 0.15) is 10.9 Å². The highest BCUT2D eigenvalue weighted by atomic mass is 79.9. The van der Waals surface area contributed by atoms with Crippen LogP contribution in [0, 0.1) is 0 Å². The minimum atomic E-state index is -1.24. The maximum atomic E-state index is 4.57. The fourth-order valence-corrected chi connectivity index (χ4v) is 15.3. The smallest absolute Gasteiger partial charge is 0.124 e. The second-order valence-corrected chi connectivity index (χ2v) is 18.4. The Bertz CT molecular complexity index is 338. The molecule has 1 aromatic heterocycles. The van der Waals surface area contributed by atoms with E-state index in [9.17, 15) is 0 Å². The van der Waals surface area contributed by atoms with Gasteiger partial charge in [-0.05, 0) is 21.1 Å². The number of rotatable bonds is 3. The second kappa shape index (κ2) is 4.70. The molecule has 1 aromatic rings. The van der Waals surface area contributed by atoms with Crippen molar-refractivity contribution in [3.05, 3.63) is 22.7 Å². The molecular formula is C11H21BrN2Si2. The van der Waals surface area contributed by atoms with Crippen molar-refractivity contribution in [2.45, 2.75) is 44.4 Å². The van der Waals surface area contributed by atoms with Crippen LogP contribution in [-0.4, -0.2) is 26.1 Å². The van der Waals surface area contributed by atoms with Crippen molar-refractivity contribution in [3.8, 4) is 0 Å². The van der Waals surface area contributed by atoms with Gasteiger partial charge in [0.15, 0.2) is 0 Å². The average molecular weight is 317 g/mol. The molecule has 0 aromatic carbocycles. The Morgan fingerprint density at radius 2 is 1.44 bits per heavy atom. The van der Waals surface area contributed by atoms with Crippen LogP contribution < -0.4 is 0 Å². The molecule has 0 amide bonds. The fourth-order valence-electron chi connectivity index (χ4n) is 2.66.